The highest BCUT2D eigenvalue weighted by Gasteiger charge is 2.20. The number of nitrogens with zero attached hydrogens (tertiary/aromatic N) is 1. The molecule has 2 N–H and O–H groups in total. The summed E-state index contributed by atoms with van der Waals surface area (Å²) in [4.78, 5) is 14.9. The number of carbonyl (C=O) groups is 1. The smallest absolute Gasteiger partial charge is 0.335 e. The van der Waals surface area contributed by atoms with Crippen LogP contribution in [0.3, 0.4) is 0 Å². The first-order chi connectivity index (χ1) is 9.81. The second-order valence-corrected chi connectivity index (χ2v) is 6.67. The molecular weight excluding hydrogens is 360 g/mol. The van der Waals surface area contributed by atoms with Crippen LogP contribution in [0.25, 0.3) is 0 Å². The molecule has 1 aromatic carbocycles. The SMILES string of the molecule is Cc1c(C(=O)O)cccc1S(=O)(=O)Nc1ccc(Br)nc1. The molecule has 0 aliphatic carbocycles. The number of rotatable bonds is 4. The Morgan fingerprint density at radius 1 is 1.29 bits per heavy atom. The van der Waals surface area contributed by atoms with Gasteiger partial charge < -0.3 is 5.11 Å². The fourth-order valence-electron chi connectivity index (χ4n) is 1.78. The summed E-state index contributed by atoms with van der Waals surface area (Å²) < 4.78 is 27.6. The molecule has 8 heteroatoms. The standard InChI is InChI=1S/C13H11BrN2O4S/c1-8-10(13(17)18)3-2-4-11(8)21(19,20)16-9-5-6-12(14)15-7-9/h2-7,16H,1H3,(H,17,18). The van der Waals surface area contributed by atoms with E-state index in [9.17, 15) is 13.2 Å². The van der Waals surface area contributed by atoms with E-state index < -0.39 is 16.0 Å². The molecule has 0 spiro atoms. The van der Waals surface area contributed by atoms with Crippen LogP contribution in [0.5, 0.6) is 0 Å². The van der Waals surface area contributed by atoms with Crippen molar-refractivity contribution in [2.75, 3.05) is 4.72 Å². The Morgan fingerprint density at radius 3 is 2.57 bits per heavy atom. The first-order valence-electron chi connectivity index (χ1n) is 5.78. The summed E-state index contributed by atoms with van der Waals surface area (Å²) in [5, 5.41) is 9.05. The molecule has 0 aliphatic rings. The number of anilines is 1. The molecule has 0 amide bonds. The maximum Gasteiger partial charge on any atom is 0.335 e. The average molecular weight is 371 g/mol. The molecule has 21 heavy (non-hydrogen) atoms. The van der Waals surface area contributed by atoms with E-state index in [0.29, 0.717) is 10.3 Å². The van der Waals surface area contributed by atoms with Crippen LogP contribution >= 0.6 is 15.9 Å². The molecule has 0 atom stereocenters. The lowest BCUT2D eigenvalue weighted by Crippen LogP contribution is -2.16. The van der Waals surface area contributed by atoms with Crippen LogP contribution in [0, 0.1) is 6.92 Å². The van der Waals surface area contributed by atoms with E-state index in [2.05, 4.69) is 25.6 Å². The number of aromatic carboxylic acids is 1. The number of sulfonamides is 1. The fourth-order valence-corrected chi connectivity index (χ4v) is 3.33. The van der Waals surface area contributed by atoms with Crippen LogP contribution in [0.15, 0.2) is 46.0 Å². The zero-order chi connectivity index (χ0) is 15.6. The van der Waals surface area contributed by atoms with Crippen molar-refractivity contribution in [2.24, 2.45) is 0 Å². The summed E-state index contributed by atoms with van der Waals surface area (Å²) in [7, 11) is -3.88. The van der Waals surface area contributed by atoms with Crippen LogP contribution in [0.2, 0.25) is 0 Å². The Labute approximate surface area is 130 Å². The number of nitrogens with one attached hydrogen (secondary N) is 1. The lowest BCUT2D eigenvalue weighted by Gasteiger charge is -2.11. The maximum absolute atomic E-state index is 12.3. The van der Waals surface area contributed by atoms with Crippen LogP contribution in [0.1, 0.15) is 15.9 Å². The van der Waals surface area contributed by atoms with Gasteiger partial charge in [0.25, 0.3) is 10.0 Å². The number of benzene rings is 1. The molecule has 110 valence electrons. The van der Waals surface area contributed by atoms with Gasteiger partial charge in [0.05, 0.1) is 22.3 Å². The molecule has 0 saturated heterocycles. The summed E-state index contributed by atoms with van der Waals surface area (Å²) in [6.07, 6.45) is 1.36. The third-order valence-electron chi connectivity index (χ3n) is 2.78. The summed E-state index contributed by atoms with van der Waals surface area (Å²) in [5.74, 6) is -1.17. The van der Waals surface area contributed by atoms with Crippen LogP contribution < -0.4 is 4.72 Å². The predicted molar refractivity (Wildman–Crippen MR) is 80.9 cm³/mol. The Kier molecular flexibility index (Phi) is 4.29. The molecule has 2 aromatic rings. The first-order valence-corrected chi connectivity index (χ1v) is 8.06. The number of carboxylic acid groups (broad SMARTS) is 1. The normalized spacial score (nSPS) is 11.1. The zero-order valence-electron chi connectivity index (χ0n) is 10.9. The minimum atomic E-state index is -3.88. The molecule has 1 aromatic heterocycles. The zero-order valence-corrected chi connectivity index (χ0v) is 13.3. The number of hydrogen-bond acceptors (Lipinski definition) is 4. The van der Waals surface area contributed by atoms with Gasteiger partial charge in [-0.3, -0.25) is 4.72 Å². The molecule has 6 nitrogen and oxygen atoms in total. The van der Waals surface area contributed by atoms with Crippen molar-refractivity contribution in [3.8, 4) is 0 Å². The van der Waals surface area contributed by atoms with E-state index in [1.807, 2.05) is 0 Å². The van der Waals surface area contributed by atoms with E-state index >= 15 is 0 Å². The van der Waals surface area contributed by atoms with Gasteiger partial charge in [-0.1, -0.05) is 6.07 Å². The highest BCUT2D eigenvalue weighted by atomic mass is 79.9. The molecule has 0 saturated carbocycles. The van der Waals surface area contributed by atoms with E-state index in [0.717, 1.165) is 0 Å². The molecule has 0 radical (unpaired) electrons. The lowest BCUT2D eigenvalue weighted by atomic mass is 10.1. The minimum absolute atomic E-state index is 0.0493. The molecule has 0 unspecified atom stereocenters. The van der Waals surface area contributed by atoms with Crippen molar-refractivity contribution in [3.63, 3.8) is 0 Å². The molecule has 2 rings (SSSR count). The van der Waals surface area contributed by atoms with Gasteiger partial charge in [0, 0.05) is 0 Å². The van der Waals surface area contributed by atoms with Crippen LogP contribution in [0.4, 0.5) is 5.69 Å². The van der Waals surface area contributed by atoms with Gasteiger partial charge in [-0.15, -0.1) is 0 Å². The summed E-state index contributed by atoms with van der Waals surface area (Å²) in [6.45, 7) is 1.46. The van der Waals surface area contributed by atoms with Crippen molar-refractivity contribution < 1.29 is 18.3 Å². The van der Waals surface area contributed by atoms with Gasteiger partial charge in [-0.25, -0.2) is 18.2 Å². The average Bonchev–Trinajstić information content (AvgIpc) is 2.41. The number of halogens is 1. The molecule has 1 heterocycles. The van der Waals surface area contributed by atoms with Crippen molar-refractivity contribution in [3.05, 3.63) is 52.3 Å². The summed E-state index contributed by atoms with van der Waals surface area (Å²) in [5.41, 5.74) is 0.424. The maximum atomic E-state index is 12.3. The molecule has 0 bridgehead atoms. The molecule has 0 fully saturated rings. The van der Waals surface area contributed by atoms with Crippen molar-refractivity contribution in [2.45, 2.75) is 11.8 Å². The van der Waals surface area contributed by atoms with Crippen molar-refractivity contribution >= 4 is 37.6 Å². The van der Waals surface area contributed by atoms with Gasteiger partial charge in [0.15, 0.2) is 0 Å². The van der Waals surface area contributed by atoms with Gasteiger partial charge >= 0.3 is 5.97 Å². The van der Waals surface area contributed by atoms with Gasteiger partial charge in [0.2, 0.25) is 0 Å². The number of carboxylic acids is 1. The highest BCUT2D eigenvalue weighted by molar-refractivity contribution is 9.10. The topological polar surface area (TPSA) is 96.4 Å². The highest BCUT2D eigenvalue weighted by Crippen LogP contribution is 2.22. The Balaban J connectivity index is 2.42. The summed E-state index contributed by atoms with van der Waals surface area (Å²) >= 11 is 3.15. The van der Waals surface area contributed by atoms with Gasteiger partial charge in [0.1, 0.15) is 4.60 Å². The second-order valence-electron chi connectivity index (χ2n) is 4.21. The quantitative estimate of drug-likeness (QED) is 0.806. The van der Waals surface area contributed by atoms with E-state index in [1.165, 1.54) is 31.3 Å². The monoisotopic (exact) mass is 370 g/mol. The number of hydrogen-bond donors (Lipinski definition) is 2. The molecule has 0 aliphatic heterocycles. The van der Waals surface area contributed by atoms with Crippen molar-refractivity contribution in [1.29, 1.82) is 0 Å². The van der Waals surface area contributed by atoms with E-state index in [-0.39, 0.29) is 16.0 Å². The Morgan fingerprint density at radius 2 is 2.00 bits per heavy atom. The van der Waals surface area contributed by atoms with Crippen LogP contribution in [-0.4, -0.2) is 24.5 Å². The van der Waals surface area contributed by atoms with Crippen molar-refractivity contribution in [1.82, 2.24) is 4.98 Å². The predicted octanol–water partition coefficient (Wildman–Crippen LogP) is 2.65. The first kappa shape index (κ1) is 15.5. The minimum Gasteiger partial charge on any atom is -0.478 e. The fraction of sp³-hybridized carbons (Fsp3) is 0.0769. The number of pyridine rings is 1. The largest absolute Gasteiger partial charge is 0.478 e. The Bertz CT molecular complexity index is 788. The van der Waals surface area contributed by atoms with Crippen LogP contribution in [-0.2, 0) is 10.0 Å². The van der Waals surface area contributed by atoms with E-state index in [1.54, 1.807) is 12.1 Å². The third kappa shape index (κ3) is 3.40. The Hall–Kier alpha value is -1.93. The van der Waals surface area contributed by atoms with Gasteiger partial charge in [-0.05, 0) is 52.7 Å². The second kappa shape index (κ2) is 5.82. The summed E-state index contributed by atoms with van der Waals surface area (Å²) in [6, 6.07) is 7.25. The molecular formula is C13H11BrN2O4S. The van der Waals surface area contributed by atoms with Gasteiger partial charge in [-0.2, -0.15) is 0 Å². The number of aromatic nitrogens is 1. The van der Waals surface area contributed by atoms with E-state index in [4.69, 9.17) is 5.11 Å². The lowest BCUT2D eigenvalue weighted by molar-refractivity contribution is 0.0696. The third-order valence-corrected chi connectivity index (χ3v) is 4.78.